The van der Waals surface area contributed by atoms with Crippen molar-refractivity contribution in [1.82, 2.24) is 4.98 Å². The zero-order valence-corrected chi connectivity index (χ0v) is 14.2. The van der Waals surface area contributed by atoms with Gasteiger partial charge in [0, 0.05) is 23.3 Å². The third-order valence-corrected chi connectivity index (χ3v) is 3.71. The Morgan fingerprint density at radius 1 is 1.14 bits per heavy atom. The number of benzene rings is 1. The number of aromatic nitrogens is 1. The van der Waals surface area contributed by atoms with Gasteiger partial charge in [-0.3, -0.25) is 4.98 Å². The van der Waals surface area contributed by atoms with Crippen molar-refractivity contribution in [3.63, 3.8) is 0 Å². The van der Waals surface area contributed by atoms with Gasteiger partial charge in [-0.1, -0.05) is 40.7 Å². The summed E-state index contributed by atoms with van der Waals surface area (Å²) < 4.78 is 0. The van der Waals surface area contributed by atoms with Crippen LogP contribution in [0.3, 0.4) is 0 Å². The molecule has 0 unspecified atom stereocenters. The molecule has 1 N–H and O–H groups in total. The van der Waals surface area contributed by atoms with Gasteiger partial charge in [0.1, 0.15) is 0 Å². The van der Waals surface area contributed by atoms with Crippen LogP contribution in [-0.2, 0) is 11.8 Å². The van der Waals surface area contributed by atoms with E-state index in [2.05, 4.69) is 71.1 Å². The number of nitrogens with one attached hydrogen (secondary N) is 1. The van der Waals surface area contributed by atoms with E-state index in [0.717, 1.165) is 18.5 Å². The molecule has 0 aliphatic rings. The molecule has 21 heavy (non-hydrogen) atoms. The Morgan fingerprint density at radius 3 is 2.43 bits per heavy atom. The molecule has 2 aromatic rings. The van der Waals surface area contributed by atoms with Crippen molar-refractivity contribution in [3.8, 4) is 0 Å². The molecule has 0 radical (unpaired) electrons. The molecule has 0 aliphatic heterocycles. The van der Waals surface area contributed by atoms with Gasteiger partial charge >= 0.3 is 0 Å². The molecule has 0 aliphatic carbocycles. The Balaban J connectivity index is 2.58. The minimum Gasteiger partial charge on any atom is -0.385 e. The summed E-state index contributed by atoms with van der Waals surface area (Å²) in [4.78, 5) is 4.84. The summed E-state index contributed by atoms with van der Waals surface area (Å²) in [6, 6.07) is 8.89. The SMILES string of the molecule is CCNc1cc(CC(C)C)nc2ccc(C(C)(C)C)cc12. The van der Waals surface area contributed by atoms with E-state index in [9.17, 15) is 0 Å². The molecule has 0 saturated heterocycles. The first-order chi connectivity index (χ1) is 9.81. The number of anilines is 1. The molecule has 2 rings (SSSR count). The average molecular weight is 284 g/mol. The van der Waals surface area contributed by atoms with Gasteiger partial charge in [0.15, 0.2) is 0 Å². The summed E-state index contributed by atoms with van der Waals surface area (Å²) >= 11 is 0. The van der Waals surface area contributed by atoms with Crippen LogP contribution < -0.4 is 5.32 Å². The van der Waals surface area contributed by atoms with E-state index in [1.807, 2.05) is 0 Å². The Labute approximate surface area is 129 Å². The highest BCUT2D eigenvalue weighted by Gasteiger charge is 2.15. The van der Waals surface area contributed by atoms with Crippen LogP contribution in [0.15, 0.2) is 24.3 Å². The van der Waals surface area contributed by atoms with Crippen molar-refractivity contribution in [2.45, 2.75) is 53.4 Å². The molecular formula is C19H28N2. The molecule has 1 aromatic carbocycles. The highest BCUT2D eigenvalue weighted by Crippen LogP contribution is 2.30. The Morgan fingerprint density at radius 2 is 1.86 bits per heavy atom. The van der Waals surface area contributed by atoms with E-state index in [-0.39, 0.29) is 5.41 Å². The van der Waals surface area contributed by atoms with E-state index < -0.39 is 0 Å². The van der Waals surface area contributed by atoms with Crippen molar-refractivity contribution in [1.29, 1.82) is 0 Å². The molecule has 0 saturated carbocycles. The lowest BCUT2D eigenvalue weighted by atomic mass is 9.86. The zero-order valence-electron chi connectivity index (χ0n) is 14.2. The van der Waals surface area contributed by atoms with Crippen LogP contribution in [0.5, 0.6) is 0 Å². The normalized spacial score (nSPS) is 12.1. The molecule has 1 aromatic heterocycles. The summed E-state index contributed by atoms with van der Waals surface area (Å²) in [7, 11) is 0. The monoisotopic (exact) mass is 284 g/mol. The van der Waals surface area contributed by atoms with Crippen molar-refractivity contribution in [2.24, 2.45) is 5.92 Å². The maximum Gasteiger partial charge on any atom is 0.0726 e. The first-order valence-electron chi connectivity index (χ1n) is 7.99. The third-order valence-electron chi connectivity index (χ3n) is 3.71. The summed E-state index contributed by atoms with van der Waals surface area (Å²) in [5.41, 5.74) is 5.00. The third kappa shape index (κ3) is 3.75. The number of hydrogen-bond acceptors (Lipinski definition) is 2. The summed E-state index contributed by atoms with van der Waals surface area (Å²) in [5, 5.41) is 4.74. The second-order valence-corrected chi connectivity index (χ2v) is 7.27. The van der Waals surface area contributed by atoms with Gasteiger partial charge in [0.2, 0.25) is 0 Å². The first-order valence-corrected chi connectivity index (χ1v) is 7.99. The van der Waals surface area contributed by atoms with Gasteiger partial charge in [-0.05, 0) is 48.4 Å². The number of fused-ring (bicyclic) bond motifs is 1. The van der Waals surface area contributed by atoms with Gasteiger partial charge in [-0.2, -0.15) is 0 Å². The molecule has 0 atom stereocenters. The second kappa shape index (κ2) is 6.05. The maximum absolute atomic E-state index is 4.84. The predicted octanol–water partition coefficient (Wildman–Crippen LogP) is 5.16. The van der Waals surface area contributed by atoms with Crippen molar-refractivity contribution < 1.29 is 0 Å². The number of nitrogens with zero attached hydrogens (tertiary/aromatic N) is 1. The molecule has 2 heteroatoms. The fraction of sp³-hybridized carbons (Fsp3) is 0.526. The largest absolute Gasteiger partial charge is 0.385 e. The predicted molar refractivity (Wildman–Crippen MR) is 93.1 cm³/mol. The standard InChI is InChI=1S/C19H28N2/c1-7-20-18-12-15(10-13(2)3)21-17-9-8-14(11-16(17)18)19(4,5)6/h8-9,11-13H,7,10H2,1-6H3,(H,20,21). The van der Waals surface area contributed by atoms with Crippen molar-refractivity contribution in [3.05, 3.63) is 35.5 Å². The minimum absolute atomic E-state index is 0.161. The molecule has 0 fully saturated rings. The lowest BCUT2D eigenvalue weighted by Crippen LogP contribution is -2.11. The molecule has 0 spiro atoms. The Hall–Kier alpha value is -1.57. The smallest absolute Gasteiger partial charge is 0.0726 e. The van der Waals surface area contributed by atoms with Crippen LogP contribution in [0.1, 0.15) is 52.8 Å². The molecule has 0 bridgehead atoms. The fourth-order valence-corrected chi connectivity index (χ4v) is 2.61. The zero-order chi connectivity index (χ0) is 15.6. The van der Waals surface area contributed by atoms with Crippen LogP contribution >= 0.6 is 0 Å². The molecule has 1 heterocycles. The number of pyridine rings is 1. The van der Waals surface area contributed by atoms with Gasteiger partial charge in [-0.25, -0.2) is 0 Å². The summed E-state index contributed by atoms with van der Waals surface area (Å²) in [6.07, 6.45) is 1.02. The van der Waals surface area contributed by atoms with Gasteiger partial charge in [-0.15, -0.1) is 0 Å². The number of hydrogen-bond donors (Lipinski definition) is 1. The highest BCUT2D eigenvalue weighted by atomic mass is 14.9. The molecule has 2 nitrogen and oxygen atoms in total. The van der Waals surface area contributed by atoms with E-state index in [4.69, 9.17) is 4.98 Å². The lowest BCUT2D eigenvalue weighted by Gasteiger charge is -2.20. The van der Waals surface area contributed by atoms with Crippen molar-refractivity contribution in [2.75, 3.05) is 11.9 Å². The topological polar surface area (TPSA) is 24.9 Å². The average Bonchev–Trinajstić information content (AvgIpc) is 2.36. The first kappa shape index (κ1) is 15.8. The van der Waals surface area contributed by atoms with Crippen LogP contribution in [0.25, 0.3) is 10.9 Å². The molecular weight excluding hydrogens is 256 g/mol. The van der Waals surface area contributed by atoms with Crippen LogP contribution in [0, 0.1) is 5.92 Å². The van der Waals surface area contributed by atoms with Gasteiger partial charge in [0.05, 0.1) is 5.52 Å². The van der Waals surface area contributed by atoms with E-state index in [0.29, 0.717) is 5.92 Å². The van der Waals surface area contributed by atoms with Crippen LogP contribution in [0.4, 0.5) is 5.69 Å². The molecule has 0 amide bonds. The van der Waals surface area contributed by atoms with Crippen LogP contribution in [0.2, 0.25) is 0 Å². The van der Waals surface area contributed by atoms with Crippen molar-refractivity contribution >= 4 is 16.6 Å². The summed E-state index contributed by atoms with van der Waals surface area (Å²) in [5.74, 6) is 0.623. The van der Waals surface area contributed by atoms with E-state index >= 15 is 0 Å². The highest BCUT2D eigenvalue weighted by molar-refractivity contribution is 5.92. The number of rotatable bonds is 4. The second-order valence-electron chi connectivity index (χ2n) is 7.27. The van der Waals surface area contributed by atoms with E-state index in [1.165, 1.54) is 22.3 Å². The lowest BCUT2D eigenvalue weighted by molar-refractivity contribution is 0.591. The van der Waals surface area contributed by atoms with Gasteiger partial charge < -0.3 is 5.32 Å². The quantitative estimate of drug-likeness (QED) is 0.838. The molecule has 114 valence electrons. The fourth-order valence-electron chi connectivity index (χ4n) is 2.61. The minimum atomic E-state index is 0.161. The Bertz CT molecular complexity index is 621. The van der Waals surface area contributed by atoms with Crippen LogP contribution in [-0.4, -0.2) is 11.5 Å². The van der Waals surface area contributed by atoms with Gasteiger partial charge in [0.25, 0.3) is 0 Å². The summed E-state index contributed by atoms with van der Waals surface area (Å²) in [6.45, 7) is 14.3. The maximum atomic E-state index is 4.84. The Kier molecular flexibility index (Phi) is 4.55. The van der Waals surface area contributed by atoms with E-state index in [1.54, 1.807) is 0 Å².